The van der Waals surface area contributed by atoms with Gasteiger partial charge in [-0.25, -0.2) is 4.79 Å². The molecule has 1 aromatic rings. The van der Waals surface area contributed by atoms with E-state index >= 15 is 0 Å². The third-order valence-electron chi connectivity index (χ3n) is 2.21. The Kier molecular flexibility index (Phi) is 5.45. The van der Waals surface area contributed by atoms with Gasteiger partial charge in [0.2, 0.25) is 0 Å². The van der Waals surface area contributed by atoms with Crippen molar-refractivity contribution in [1.82, 2.24) is 0 Å². The number of carbonyl (C=O) groups is 1. The van der Waals surface area contributed by atoms with E-state index in [4.69, 9.17) is 19.9 Å². The van der Waals surface area contributed by atoms with E-state index in [1.54, 1.807) is 18.2 Å². The van der Waals surface area contributed by atoms with Crippen LogP contribution in [0.5, 0.6) is 5.75 Å². The van der Waals surface area contributed by atoms with Crippen molar-refractivity contribution < 1.29 is 19.0 Å². The Bertz CT molecular complexity index is 404. The second-order valence-electron chi connectivity index (χ2n) is 4.02. The van der Waals surface area contributed by atoms with Crippen LogP contribution >= 0.6 is 0 Å². The first-order chi connectivity index (χ1) is 8.54. The van der Waals surface area contributed by atoms with Crippen LogP contribution in [0, 0.1) is 0 Å². The molecule has 0 heterocycles. The third-order valence-corrected chi connectivity index (χ3v) is 2.21. The van der Waals surface area contributed by atoms with Crippen LogP contribution in [0.3, 0.4) is 0 Å². The van der Waals surface area contributed by atoms with E-state index < -0.39 is 5.97 Å². The molecule has 100 valence electrons. The van der Waals surface area contributed by atoms with Gasteiger partial charge in [0.15, 0.2) is 0 Å². The van der Waals surface area contributed by atoms with Crippen LogP contribution in [-0.4, -0.2) is 32.4 Å². The molecular weight excluding hydrogens is 234 g/mol. The number of nitrogen functional groups attached to an aromatic ring is 1. The molecule has 0 bridgehead atoms. The van der Waals surface area contributed by atoms with Gasteiger partial charge in [-0.15, -0.1) is 0 Å². The van der Waals surface area contributed by atoms with E-state index in [0.717, 1.165) is 0 Å². The van der Waals surface area contributed by atoms with Crippen molar-refractivity contribution in [3.05, 3.63) is 23.8 Å². The van der Waals surface area contributed by atoms with Gasteiger partial charge in [0.05, 0.1) is 19.8 Å². The summed E-state index contributed by atoms with van der Waals surface area (Å²) in [6, 6.07) is 4.80. The molecule has 0 unspecified atom stereocenters. The van der Waals surface area contributed by atoms with E-state index in [9.17, 15) is 4.79 Å². The third kappa shape index (κ3) is 4.25. The first-order valence-electron chi connectivity index (χ1n) is 5.77. The predicted molar refractivity (Wildman–Crippen MR) is 68.8 cm³/mol. The summed E-state index contributed by atoms with van der Waals surface area (Å²) in [6.45, 7) is 4.43. The van der Waals surface area contributed by atoms with Crippen LogP contribution in [0.1, 0.15) is 24.2 Å². The zero-order valence-corrected chi connectivity index (χ0v) is 10.9. The SMILES string of the molecule is COc1cc(N)ccc1C(=O)OCCOC(C)C. The number of hydrogen-bond acceptors (Lipinski definition) is 5. The Labute approximate surface area is 107 Å². The first-order valence-corrected chi connectivity index (χ1v) is 5.77. The second-order valence-corrected chi connectivity index (χ2v) is 4.02. The monoisotopic (exact) mass is 253 g/mol. The molecule has 0 radical (unpaired) electrons. The van der Waals surface area contributed by atoms with Crippen LogP contribution in [0.4, 0.5) is 5.69 Å². The van der Waals surface area contributed by atoms with Gasteiger partial charge >= 0.3 is 5.97 Å². The number of rotatable bonds is 6. The topological polar surface area (TPSA) is 70.8 Å². The van der Waals surface area contributed by atoms with Crippen molar-refractivity contribution in [2.45, 2.75) is 20.0 Å². The van der Waals surface area contributed by atoms with Crippen molar-refractivity contribution in [2.24, 2.45) is 0 Å². The Hall–Kier alpha value is -1.75. The smallest absolute Gasteiger partial charge is 0.342 e. The molecule has 0 fully saturated rings. The van der Waals surface area contributed by atoms with Crippen LogP contribution in [0.2, 0.25) is 0 Å². The number of nitrogens with two attached hydrogens (primary N) is 1. The molecule has 0 spiro atoms. The molecule has 0 atom stereocenters. The van der Waals surface area contributed by atoms with Crippen molar-refractivity contribution >= 4 is 11.7 Å². The zero-order chi connectivity index (χ0) is 13.5. The minimum Gasteiger partial charge on any atom is -0.496 e. The quantitative estimate of drug-likeness (QED) is 0.476. The number of esters is 1. The molecule has 5 nitrogen and oxygen atoms in total. The average molecular weight is 253 g/mol. The van der Waals surface area contributed by atoms with Crippen molar-refractivity contribution in [1.29, 1.82) is 0 Å². The largest absolute Gasteiger partial charge is 0.496 e. The summed E-state index contributed by atoms with van der Waals surface area (Å²) in [5.41, 5.74) is 6.50. The van der Waals surface area contributed by atoms with Crippen LogP contribution < -0.4 is 10.5 Å². The highest BCUT2D eigenvalue weighted by Crippen LogP contribution is 2.22. The number of methoxy groups -OCH3 is 1. The molecule has 0 amide bonds. The Morgan fingerprint density at radius 1 is 1.33 bits per heavy atom. The van der Waals surface area contributed by atoms with Gasteiger partial charge in [0.1, 0.15) is 17.9 Å². The minimum absolute atomic E-state index is 0.120. The van der Waals surface area contributed by atoms with Crippen molar-refractivity contribution in [2.75, 3.05) is 26.1 Å². The maximum atomic E-state index is 11.8. The Balaban J connectivity index is 2.56. The molecule has 0 aromatic heterocycles. The fraction of sp³-hybridized carbons (Fsp3) is 0.462. The standard InChI is InChI=1S/C13H19NO4/c1-9(2)17-6-7-18-13(15)11-5-4-10(14)8-12(11)16-3/h4-5,8-9H,6-7,14H2,1-3H3. The molecule has 5 heteroatoms. The van der Waals surface area contributed by atoms with E-state index in [0.29, 0.717) is 23.6 Å². The first kappa shape index (κ1) is 14.3. The van der Waals surface area contributed by atoms with E-state index in [1.807, 2.05) is 13.8 Å². The fourth-order valence-corrected chi connectivity index (χ4v) is 1.37. The van der Waals surface area contributed by atoms with Crippen LogP contribution in [0.25, 0.3) is 0 Å². The molecule has 18 heavy (non-hydrogen) atoms. The number of hydrogen-bond donors (Lipinski definition) is 1. The molecule has 0 saturated heterocycles. The summed E-state index contributed by atoms with van der Waals surface area (Å²) in [7, 11) is 1.48. The maximum Gasteiger partial charge on any atom is 0.342 e. The zero-order valence-electron chi connectivity index (χ0n) is 10.9. The van der Waals surface area contributed by atoms with E-state index in [-0.39, 0.29) is 12.7 Å². The fourth-order valence-electron chi connectivity index (χ4n) is 1.37. The normalized spacial score (nSPS) is 10.4. The predicted octanol–water partition coefficient (Wildman–Crippen LogP) is 1.86. The summed E-state index contributed by atoms with van der Waals surface area (Å²) in [5.74, 6) is -0.0380. The molecular formula is C13H19NO4. The maximum absolute atomic E-state index is 11.8. The highest BCUT2D eigenvalue weighted by molar-refractivity contribution is 5.93. The minimum atomic E-state index is -0.445. The van der Waals surface area contributed by atoms with Gasteiger partial charge < -0.3 is 19.9 Å². The number of ether oxygens (including phenoxy) is 3. The average Bonchev–Trinajstić information content (AvgIpc) is 2.33. The van der Waals surface area contributed by atoms with Crippen molar-refractivity contribution in [3.8, 4) is 5.75 Å². The highest BCUT2D eigenvalue weighted by Gasteiger charge is 2.13. The molecule has 0 saturated carbocycles. The van der Waals surface area contributed by atoms with E-state index in [2.05, 4.69) is 0 Å². The summed E-state index contributed by atoms with van der Waals surface area (Å²) in [6.07, 6.45) is 0.120. The van der Waals surface area contributed by atoms with Gasteiger partial charge in [0.25, 0.3) is 0 Å². The summed E-state index contributed by atoms with van der Waals surface area (Å²) >= 11 is 0. The molecule has 1 aromatic carbocycles. The summed E-state index contributed by atoms with van der Waals surface area (Å²) in [5, 5.41) is 0. The van der Waals surface area contributed by atoms with E-state index in [1.165, 1.54) is 7.11 Å². The van der Waals surface area contributed by atoms with Crippen molar-refractivity contribution in [3.63, 3.8) is 0 Å². The lowest BCUT2D eigenvalue weighted by Gasteiger charge is -2.10. The lowest BCUT2D eigenvalue weighted by atomic mass is 10.2. The van der Waals surface area contributed by atoms with Crippen LogP contribution in [-0.2, 0) is 9.47 Å². The van der Waals surface area contributed by atoms with Gasteiger partial charge in [-0.2, -0.15) is 0 Å². The number of carbonyl (C=O) groups excluding carboxylic acids is 1. The summed E-state index contributed by atoms with van der Waals surface area (Å²) < 4.78 is 15.4. The van der Waals surface area contributed by atoms with Gasteiger partial charge in [-0.3, -0.25) is 0 Å². The summed E-state index contributed by atoms with van der Waals surface area (Å²) in [4.78, 5) is 11.8. The molecule has 0 aliphatic carbocycles. The molecule has 1 rings (SSSR count). The lowest BCUT2D eigenvalue weighted by Crippen LogP contribution is -2.14. The van der Waals surface area contributed by atoms with Gasteiger partial charge in [0, 0.05) is 11.8 Å². The van der Waals surface area contributed by atoms with Crippen LogP contribution in [0.15, 0.2) is 18.2 Å². The Morgan fingerprint density at radius 2 is 2.06 bits per heavy atom. The highest BCUT2D eigenvalue weighted by atomic mass is 16.6. The molecule has 0 aliphatic rings. The number of benzene rings is 1. The van der Waals surface area contributed by atoms with Gasteiger partial charge in [-0.05, 0) is 26.0 Å². The second kappa shape index (κ2) is 6.86. The number of anilines is 1. The molecule has 2 N–H and O–H groups in total. The lowest BCUT2D eigenvalue weighted by molar-refractivity contribution is 0.0175. The molecule has 0 aliphatic heterocycles. The Morgan fingerprint density at radius 3 is 2.67 bits per heavy atom. The van der Waals surface area contributed by atoms with Gasteiger partial charge in [-0.1, -0.05) is 0 Å².